The molecule has 0 radical (unpaired) electrons. The third-order valence-electron chi connectivity index (χ3n) is 3.85. The number of ether oxygens (including phenoxy) is 1. The zero-order valence-corrected chi connectivity index (χ0v) is 12.3. The number of piperazine rings is 1. The monoisotopic (exact) mass is 291 g/mol. The van der Waals surface area contributed by atoms with Gasteiger partial charge in [-0.25, -0.2) is 4.98 Å². The maximum absolute atomic E-state index is 11.7. The fourth-order valence-corrected chi connectivity index (χ4v) is 2.49. The van der Waals surface area contributed by atoms with E-state index in [-0.39, 0.29) is 5.91 Å². The molecule has 1 aromatic heterocycles. The Morgan fingerprint density at radius 3 is 2.76 bits per heavy atom. The predicted molar refractivity (Wildman–Crippen MR) is 79.3 cm³/mol. The minimum atomic E-state index is 0.218. The lowest BCUT2D eigenvalue weighted by Crippen LogP contribution is -2.49. The van der Waals surface area contributed by atoms with E-state index in [1.807, 2.05) is 17.9 Å². The molecule has 114 valence electrons. The van der Waals surface area contributed by atoms with E-state index in [1.165, 1.54) is 0 Å². The summed E-state index contributed by atoms with van der Waals surface area (Å²) in [4.78, 5) is 24.6. The number of hydrogen-bond donors (Lipinski definition) is 1. The summed E-state index contributed by atoms with van der Waals surface area (Å²) in [5.41, 5.74) is 0. The van der Waals surface area contributed by atoms with Gasteiger partial charge in [-0.1, -0.05) is 6.92 Å². The lowest BCUT2D eigenvalue weighted by molar-refractivity contribution is -0.131. The first-order valence-corrected chi connectivity index (χ1v) is 7.46. The molecule has 2 aliphatic heterocycles. The summed E-state index contributed by atoms with van der Waals surface area (Å²) in [5, 5.41) is 3.33. The number of carbonyl (C=O) groups excluding carboxylic acids is 1. The molecule has 3 rings (SSSR count). The minimum absolute atomic E-state index is 0.218. The quantitative estimate of drug-likeness (QED) is 0.863. The number of anilines is 2. The van der Waals surface area contributed by atoms with Crippen LogP contribution in [0.4, 0.5) is 11.8 Å². The molecule has 2 fully saturated rings. The molecule has 0 saturated carbocycles. The summed E-state index contributed by atoms with van der Waals surface area (Å²) >= 11 is 0. The predicted octanol–water partition coefficient (Wildman–Crippen LogP) is 0.346. The highest BCUT2D eigenvalue weighted by atomic mass is 16.5. The van der Waals surface area contributed by atoms with Gasteiger partial charge in [0.1, 0.15) is 5.82 Å². The number of nitrogens with zero attached hydrogens (tertiary/aromatic N) is 4. The van der Waals surface area contributed by atoms with E-state index in [4.69, 9.17) is 4.74 Å². The van der Waals surface area contributed by atoms with Gasteiger partial charge in [0.25, 0.3) is 0 Å². The highest BCUT2D eigenvalue weighted by molar-refractivity contribution is 5.76. The van der Waals surface area contributed by atoms with Crippen LogP contribution in [0, 0.1) is 0 Å². The van der Waals surface area contributed by atoms with Crippen molar-refractivity contribution in [1.29, 1.82) is 0 Å². The van der Waals surface area contributed by atoms with E-state index < -0.39 is 0 Å². The molecule has 1 aromatic rings. The van der Waals surface area contributed by atoms with Crippen LogP contribution in [-0.2, 0) is 9.53 Å². The van der Waals surface area contributed by atoms with Crippen molar-refractivity contribution in [3.8, 4) is 0 Å². The first-order valence-electron chi connectivity index (χ1n) is 7.46. The van der Waals surface area contributed by atoms with Crippen LogP contribution in [0.3, 0.4) is 0 Å². The molecule has 1 N–H and O–H groups in total. The second-order valence-corrected chi connectivity index (χ2v) is 5.34. The Kier molecular flexibility index (Phi) is 4.19. The van der Waals surface area contributed by atoms with Crippen molar-refractivity contribution >= 4 is 17.7 Å². The fourth-order valence-electron chi connectivity index (χ4n) is 2.49. The van der Waals surface area contributed by atoms with Gasteiger partial charge in [0, 0.05) is 38.8 Å². The number of carbonyl (C=O) groups is 1. The summed E-state index contributed by atoms with van der Waals surface area (Å²) in [5.74, 6) is 1.78. The van der Waals surface area contributed by atoms with Crippen molar-refractivity contribution in [2.45, 2.75) is 19.4 Å². The third-order valence-corrected chi connectivity index (χ3v) is 3.85. The van der Waals surface area contributed by atoms with Crippen molar-refractivity contribution in [2.24, 2.45) is 0 Å². The van der Waals surface area contributed by atoms with Gasteiger partial charge in [-0.05, 0) is 6.07 Å². The highest BCUT2D eigenvalue weighted by Crippen LogP contribution is 2.15. The van der Waals surface area contributed by atoms with Crippen LogP contribution >= 0.6 is 0 Å². The summed E-state index contributed by atoms with van der Waals surface area (Å²) in [6.45, 7) is 6.41. The maximum atomic E-state index is 11.7. The van der Waals surface area contributed by atoms with Crippen molar-refractivity contribution in [1.82, 2.24) is 14.9 Å². The molecule has 1 amide bonds. The van der Waals surface area contributed by atoms with E-state index in [0.717, 1.165) is 51.2 Å². The number of nitrogens with one attached hydrogen (secondary N) is 1. The van der Waals surface area contributed by atoms with E-state index in [2.05, 4.69) is 20.2 Å². The molecule has 0 spiro atoms. The molecule has 0 aromatic carbocycles. The molecule has 7 nitrogen and oxygen atoms in total. The number of aromatic nitrogens is 2. The van der Waals surface area contributed by atoms with E-state index in [0.29, 0.717) is 12.5 Å². The van der Waals surface area contributed by atoms with Crippen LogP contribution in [0.15, 0.2) is 12.3 Å². The smallest absolute Gasteiger partial charge is 0.227 e. The highest BCUT2D eigenvalue weighted by Gasteiger charge is 2.22. The number of rotatable bonds is 4. The lowest BCUT2D eigenvalue weighted by atomic mass is 10.2. The van der Waals surface area contributed by atoms with Gasteiger partial charge in [0.2, 0.25) is 11.9 Å². The van der Waals surface area contributed by atoms with Gasteiger partial charge in [0.15, 0.2) is 0 Å². The third kappa shape index (κ3) is 3.24. The molecular formula is C14H21N5O2. The van der Waals surface area contributed by atoms with Gasteiger partial charge in [-0.3, -0.25) is 4.79 Å². The van der Waals surface area contributed by atoms with Gasteiger partial charge < -0.3 is 19.9 Å². The van der Waals surface area contributed by atoms with Crippen LogP contribution in [-0.4, -0.2) is 66.2 Å². The molecule has 0 aliphatic carbocycles. The topological polar surface area (TPSA) is 70.6 Å². The average molecular weight is 291 g/mol. The first-order chi connectivity index (χ1) is 10.3. The normalized spacial score (nSPS) is 19.3. The molecule has 7 heteroatoms. The second kappa shape index (κ2) is 6.26. The Labute approximate surface area is 124 Å². The van der Waals surface area contributed by atoms with E-state index in [1.54, 1.807) is 6.20 Å². The SMILES string of the molecule is CCC(=O)N1CCN(c2nccc(NC3COC3)n2)CC1. The second-order valence-electron chi connectivity index (χ2n) is 5.34. The summed E-state index contributed by atoms with van der Waals surface area (Å²) in [6.07, 6.45) is 2.34. The summed E-state index contributed by atoms with van der Waals surface area (Å²) in [7, 11) is 0. The first kappa shape index (κ1) is 14.1. The molecule has 0 bridgehead atoms. The zero-order chi connectivity index (χ0) is 14.7. The molecule has 2 saturated heterocycles. The molecular weight excluding hydrogens is 270 g/mol. The Morgan fingerprint density at radius 1 is 1.38 bits per heavy atom. The van der Waals surface area contributed by atoms with Crippen LogP contribution in [0.5, 0.6) is 0 Å². The van der Waals surface area contributed by atoms with Gasteiger partial charge in [-0.15, -0.1) is 0 Å². The molecule has 0 unspecified atom stereocenters. The number of amides is 1. The van der Waals surface area contributed by atoms with Crippen molar-refractivity contribution in [3.05, 3.63) is 12.3 Å². The van der Waals surface area contributed by atoms with Crippen molar-refractivity contribution in [3.63, 3.8) is 0 Å². The van der Waals surface area contributed by atoms with Crippen molar-refractivity contribution in [2.75, 3.05) is 49.6 Å². The van der Waals surface area contributed by atoms with E-state index in [9.17, 15) is 4.79 Å². The summed E-state index contributed by atoms with van der Waals surface area (Å²) in [6, 6.07) is 2.23. The molecule has 3 heterocycles. The molecule has 0 atom stereocenters. The Balaban J connectivity index is 1.59. The van der Waals surface area contributed by atoms with Crippen LogP contribution < -0.4 is 10.2 Å². The lowest BCUT2D eigenvalue weighted by Gasteiger charge is -2.35. The molecule has 21 heavy (non-hydrogen) atoms. The standard InChI is InChI=1S/C14H21N5O2/c1-2-13(20)18-5-7-19(8-6-18)14-15-4-3-12(17-14)16-11-9-21-10-11/h3-4,11H,2,5-10H2,1H3,(H,15,16,17). The summed E-state index contributed by atoms with van der Waals surface area (Å²) < 4.78 is 5.14. The fraction of sp³-hybridized carbons (Fsp3) is 0.643. The Bertz CT molecular complexity index is 498. The van der Waals surface area contributed by atoms with Gasteiger partial charge in [0.05, 0.1) is 19.3 Å². The Hall–Kier alpha value is -1.89. The maximum Gasteiger partial charge on any atom is 0.227 e. The van der Waals surface area contributed by atoms with Gasteiger partial charge in [-0.2, -0.15) is 4.98 Å². The van der Waals surface area contributed by atoms with Crippen LogP contribution in [0.1, 0.15) is 13.3 Å². The zero-order valence-electron chi connectivity index (χ0n) is 12.3. The minimum Gasteiger partial charge on any atom is -0.377 e. The number of hydrogen-bond acceptors (Lipinski definition) is 6. The van der Waals surface area contributed by atoms with Crippen molar-refractivity contribution < 1.29 is 9.53 Å². The van der Waals surface area contributed by atoms with Crippen LogP contribution in [0.2, 0.25) is 0 Å². The van der Waals surface area contributed by atoms with Crippen LogP contribution in [0.25, 0.3) is 0 Å². The average Bonchev–Trinajstić information content (AvgIpc) is 2.51. The van der Waals surface area contributed by atoms with E-state index >= 15 is 0 Å². The molecule has 2 aliphatic rings. The largest absolute Gasteiger partial charge is 0.377 e. The Morgan fingerprint density at radius 2 is 2.14 bits per heavy atom. The van der Waals surface area contributed by atoms with Gasteiger partial charge >= 0.3 is 0 Å².